The molecule has 1 aromatic heterocycles. The molecule has 0 saturated carbocycles. The summed E-state index contributed by atoms with van der Waals surface area (Å²) in [6, 6.07) is 10.3. The SMILES string of the molecule is CC.CCBr.NCCCOCCOCCOCCOCCOCCNC(=O)c1ccc(-c2cc(=O)c3ccc(O)c(O)c3o2)cc1. The number of fused-ring (bicyclic) bond motifs is 1. The predicted octanol–water partition coefficient (Wildman–Crippen LogP) is 4.46. The van der Waals surface area contributed by atoms with Gasteiger partial charge in [0.25, 0.3) is 5.91 Å². The number of nitrogens with one attached hydrogen (secondary N) is 1. The molecule has 0 unspecified atom stereocenters. The minimum atomic E-state index is -0.505. The third-order valence-corrected chi connectivity index (χ3v) is 5.79. The largest absolute Gasteiger partial charge is 0.504 e. The first-order valence-corrected chi connectivity index (χ1v) is 16.6. The fraction of sp³-hybridized carbons (Fsp3) is 0.515. The number of ether oxygens (including phenoxy) is 5. The van der Waals surface area contributed by atoms with Gasteiger partial charge in [0.2, 0.25) is 5.75 Å². The van der Waals surface area contributed by atoms with Crippen molar-refractivity contribution >= 4 is 32.8 Å². The maximum atomic E-state index is 12.4. The van der Waals surface area contributed by atoms with Crippen molar-refractivity contribution in [2.24, 2.45) is 5.73 Å². The van der Waals surface area contributed by atoms with E-state index < -0.39 is 5.75 Å². The van der Waals surface area contributed by atoms with Crippen molar-refractivity contribution in [3.8, 4) is 22.8 Å². The van der Waals surface area contributed by atoms with Gasteiger partial charge in [-0.25, -0.2) is 0 Å². The van der Waals surface area contributed by atoms with E-state index in [0.717, 1.165) is 11.8 Å². The summed E-state index contributed by atoms with van der Waals surface area (Å²) in [7, 11) is 0. The molecule has 3 rings (SSSR count). The van der Waals surface area contributed by atoms with Gasteiger partial charge in [0.15, 0.2) is 16.8 Å². The average molecular weight is 714 g/mol. The number of benzene rings is 2. The van der Waals surface area contributed by atoms with Crippen molar-refractivity contribution < 1.29 is 43.1 Å². The van der Waals surface area contributed by atoms with Crippen molar-refractivity contribution in [3.05, 3.63) is 58.3 Å². The van der Waals surface area contributed by atoms with Gasteiger partial charge >= 0.3 is 0 Å². The van der Waals surface area contributed by atoms with E-state index in [1.807, 2.05) is 20.8 Å². The third kappa shape index (κ3) is 16.0. The minimum absolute atomic E-state index is 0.106. The average Bonchev–Trinajstić information content (AvgIpc) is 3.07. The number of phenols is 2. The van der Waals surface area contributed by atoms with Crippen molar-refractivity contribution in [3.63, 3.8) is 0 Å². The van der Waals surface area contributed by atoms with Gasteiger partial charge in [-0.2, -0.15) is 0 Å². The molecule has 3 aromatic rings. The summed E-state index contributed by atoms with van der Waals surface area (Å²) in [6.07, 6.45) is 0.849. The summed E-state index contributed by atoms with van der Waals surface area (Å²) in [5.41, 5.74) is 5.86. The number of hydrogen-bond donors (Lipinski definition) is 4. The van der Waals surface area contributed by atoms with Crippen LogP contribution >= 0.6 is 15.9 Å². The Hall–Kier alpha value is -3.04. The van der Waals surface area contributed by atoms with E-state index in [0.29, 0.717) is 90.3 Å². The van der Waals surface area contributed by atoms with Crippen LogP contribution in [0.3, 0.4) is 0 Å². The molecule has 46 heavy (non-hydrogen) atoms. The fourth-order valence-electron chi connectivity index (χ4n) is 3.63. The summed E-state index contributed by atoms with van der Waals surface area (Å²) in [4.78, 5) is 24.8. The summed E-state index contributed by atoms with van der Waals surface area (Å²) >= 11 is 3.15. The number of rotatable bonds is 20. The Kier molecular flexibility index (Phi) is 23.2. The lowest BCUT2D eigenvalue weighted by atomic mass is 10.1. The first-order chi connectivity index (χ1) is 22.4. The second-order valence-corrected chi connectivity index (χ2v) is 10.2. The second kappa shape index (κ2) is 26.1. The molecule has 12 nitrogen and oxygen atoms in total. The van der Waals surface area contributed by atoms with Gasteiger partial charge in [0.05, 0.1) is 64.8 Å². The molecule has 0 bridgehead atoms. The van der Waals surface area contributed by atoms with Gasteiger partial charge in [-0.05, 0) is 37.2 Å². The number of phenolic OH excluding ortho intramolecular Hbond substituents is 2. The number of carbonyl (C=O) groups is 1. The Morgan fingerprint density at radius 3 is 1.85 bits per heavy atom. The first-order valence-electron chi connectivity index (χ1n) is 15.4. The molecule has 5 N–H and O–H groups in total. The molecule has 258 valence electrons. The molecule has 0 fully saturated rings. The molecule has 1 heterocycles. The monoisotopic (exact) mass is 712 g/mol. The van der Waals surface area contributed by atoms with Crippen LogP contribution in [0.5, 0.6) is 11.5 Å². The van der Waals surface area contributed by atoms with E-state index in [1.165, 1.54) is 18.2 Å². The van der Waals surface area contributed by atoms with Gasteiger partial charge in [0.1, 0.15) is 5.76 Å². The van der Waals surface area contributed by atoms with Gasteiger partial charge < -0.3 is 49.4 Å². The van der Waals surface area contributed by atoms with Crippen LogP contribution in [0.4, 0.5) is 0 Å². The normalized spacial score (nSPS) is 10.5. The highest BCUT2D eigenvalue weighted by Crippen LogP contribution is 2.34. The van der Waals surface area contributed by atoms with Crippen molar-refractivity contribution in [2.75, 3.05) is 84.5 Å². The Morgan fingerprint density at radius 2 is 1.33 bits per heavy atom. The number of nitrogens with two attached hydrogens (primary N) is 1. The van der Waals surface area contributed by atoms with Crippen LogP contribution in [0, 0.1) is 0 Å². The van der Waals surface area contributed by atoms with Crippen LogP contribution in [-0.4, -0.2) is 101 Å². The lowest BCUT2D eigenvalue weighted by Crippen LogP contribution is -2.27. The van der Waals surface area contributed by atoms with E-state index in [9.17, 15) is 19.8 Å². The van der Waals surface area contributed by atoms with E-state index in [1.54, 1.807) is 24.3 Å². The number of alkyl halides is 1. The lowest BCUT2D eigenvalue weighted by Gasteiger charge is -2.09. The number of carbonyl (C=O) groups excluding carboxylic acids is 1. The molecule has 0 atom stereocenters. The summed E-state index contributed by atoms with van der Waals surface area (Å²) in [5, 5.41) is 23.7. The van der Waals surface area contributed by atoms with Crippen LogP contribution in [0.15, 0.2) is 51.7 Å². The lowest BCUT2D eigenvalue weighted by molar-refractivity contribution is -0.0108. The topological polar surface area (TPSA) is 172 Å². The molecule has 0 aliphatic rings. The third-order valence-electron chi connectivity index (χ3n) is 5.79. The van der Waals surface area contributed by atoms with Crippen LogP contribution in [-0.2, 0) is 23.7 Å². The van der Waals surface area contributed by atoms with Crippen LogP contribution in [0.2, 0.25) is 0 Å². The Morgan fingerprint density at radius 1 is 0.826 bits per heavy atom. The molecular weight excluding hydrogens is 664 g/mol. The standard InChI is InChI=1S/C29H38N2O10.C2H5Br.C2H6/c30-8-1-10-36-12-14-38-16-18-40-19-17-39-15-13-37-11-9-31-29(35)22-4-2-21(3-5-22)26-20-25(33)23-6-7-24(32)27(34)28(23)41-26;1-2-3;1-2/h2-7,20,32,34H,1,8-19,30H2,(H,31,35);2H2,1H3;1-2H3. The van der Waals surface area contributed by atoms with Gasteiger partial charge in [-0.1, -0.05) is 48.8 Å². The molecule has 0 aliphatic heterocycles. The maximum Gasteiger partial charge on any atom is 0.251 e. The van der Waals surface area contributed by atoms with Gasteiger partial charge in [-0.15, -0.1) is 0 Å². The van der Waals surface area contributed by atoms with Crippen LogP contribution in [0.25, 0.3) is 22.3 Å². The predicted molar refractivity (Wildman–Crippen MR) is 182 cm³/mol. The zero-order valence-corrected chi connectivity index (χ0v) is 28.6. The Labute approximate surface area is 279 Å². The summed E-state index contributed by atoms with van der Waals surface area (Å²) < 4.78 is 32.7. The number of amides is 1. The second-order valence-electron chi connectivity index (χ2n) is 9.09. The number of hydrogen-bond acceptors (Lipinski definition) is 11. The highest BCUT2D eigenvalue weighted by molar-refractivity contribution is 9.09. The van der Waals surface area contributed by atoms with Crippen molar-refractivity contribution in [2.45, 2.75) is 27.2 Å². The zero-order valence-electron chi connectivity index (χ0n) is 27.1. The highest BCUT2D eigenvalue weighted by Gasteiger charge is 2.14. The van der Waals surface area contributed by atoms with E-state index >= 15 is 0 Å². The quantitative estimate of drug-likeness (QED) is 0.0740. The molecule has 1 amide bonds. The van der Waals surface area contributed by atoms with E-state index in [4.69, 9.17) is 33.8 Å². The van der Waals surface area contributed by atoms with Crippen molar-refractivity contribution in [1.29, 1.82) is 0 Å². The molecule has 0 saturated heterocycles. The number of halogens is 1. The van der Waals surface area contributed by atoms with Crippen LogP contribution in [0.1, 0.15) is 37.6 Å². The Bertz CT molecular complexity index is 1290. The summed E-state index contributed by atoms with van der Waals surface area (Å²) in [5.74, 6) is -0.975. The fourth-order valence-corrected chi connectivity index (χ4v) is 3.63. The van der Waals surface area contributed by atoms with E-state index in [2.05, 4.69) is 21.2 Å². The maximum absolute atomic E-state index is 12.4. The van der Waals surface area contributed by atoms with Crippen molar-refractivity contribution in [1.82, 2.24) is 5.32 Å². The summed E-state index contributed by atoms with van der Waals surface area (Å²) in [6.45, 7) is 11.8. The minimum Gasteiger partial charge on any atom is -0.504 e. The highest BCUT2D eigenvalue weighted by atomic mass is 79.9. The van der Waals surface area contributed by atoms with Crippen LogP contribution < -0.4 is 16.5 Å². The zero-order chi connectivity index (χ0) is 34.0. The first kappa shape index (κ1) is 41.0. The van der Waals surface area contributed by atoms with E-state index in [-0.39, 0.29) is 33.8 Å². The van der Waals surface area contributed by atoms with Gasteiger partial charge in [-0.3, -0.25) is 9.59 Å². The number of aromatic hydroxyl groups is 2. The molecular formula is C33H49BrN2O10. The molecule has 0 aliphatic carbocycles. The molecule has 2 aromatic carbocycles. The smallest absolute Gasteiger partial charge is 0.251 e. The molecule has 0 radical (unpaired) electrons. The molecule has 13 heteroatoms. The molecule has 0 spiro atoms. The van der Waals surface area contributed by atoms with Gasteiger partial charge in [0, 0.05) is 35.7 Å². The Balaban J connectivity index is 0.00000199.